The molecule has 2 aliphatic carbocycles. The molecule has 2 aliphatic rings. The van der Waals surface area contributed by atoms with Crippen LogP contribution in [0.4, 0.5) is 0 Å². The fourth-order valence-corrected chi connectivity index (χ4v) is 10.8. The van der Waals surface area contributed by atoms with E-state index in [2.05, 4.69) is 114 Å². The molecule has 0 N–H and O–H groups in total. The molecule has 0 saturated heterocycles. The molecule has 0 aliphatic heterocycles. The first-order chi connectivity index (χ1) is 44.0. The third kappa shape index (κ3) is 31.6. The first-order valence-electron chi connectivity index (χ1n) is 32.1. The largest absolute Gasteiger partial charge is 0.449 e. The van der Waals surface area contributed by atoms with E-state index in [4.69, 9.17) is 40.9 Å². The summed E-state index contributed by atoms with van der Waals surface area (Å²) in [4.78, 5) is 44.7. The van der Waals surface area contributed by atoms with E-state index in [0.29, 0.717) is 12.1 Å². The highest BCUT2D eigenvalue weighted by Crippen LogP contribution is 2.35. The van der Waals surface area contributed by atoms with Crippen molar-refractivity contribution in [2.45, 2.75) is 254 Å². The standard InChI is InChI=1S/C14H24N2.C13H22N2.2C6H9NO.3C5H7NO.C5H7NS.2C4H5NO.C4H5NS/c1-10(2)16-11(3)14(15-12(16)4)13-8-6-5-7-9-13;1-10(2)15-9-13(14-11(15)3)12-7-5-4-6-8-12;2*1-4-5(2)8-6(3)7-4;1-4-5(2)7-3-6-4;1-4-3-7-5(2)6-4;1-4-3-6-5(2)7-4;1-4-3-7-5(2)6-4;1-4-2-5-3-6-4;2*1-4-5-2-3-6-4/h10,13H,5-9H2,1-4H3;9-10,12H,4-8H2,1-3H3;2*1-3H3;4*3H,1-2H3;3*2-3H,1H3. The van der Waals surface area contributed by atoms with Crippen molar-refractivity contribution in [1.82, 2.24) is 64.0 Å². The van der Waals surface area contributed by atoms with Gasteiger partial charge in [0.15, 0.2) is 42.2 Å². The van der Waals surface area contributed by atoms with Crippen molar-refractivity contribution in [3.05, 3.63) is 193 Å². The third-order valence-electron chi connectivity index (χ3n) is 14.5. The SMILES string of the molecule is Cc1cnc(C)o1.Cc1cnco1.Cc1coc(C)n1.Cc1csc(C)n1.Cc1nc(C)c(C)o1.Cc1nc(C)c(C)o1.Cc1nc(C2CCCCC2)c(C)n1C(C)C.Cc1nc(C2CCCCC2)cn1C(C)C.Cc1ncco1.Cc1nccs1.Cc1ncoc1C. The first-order valence-corrected chi connectivity index (χ1v) is 33.8. The van der Waals surface area contributed by atoms with E-state index in [9.17, 15) is 0 Å². The van der Waals surface area contributed by atoms with Crippen molar-refractivity contribution in [2.24, 2.45) is 0 Å². The Morgan fingerprint density at radius 3 is 1.30 bits per heavy atom. The van der Waals surface area contributed by atoms with Crippen LogP contribution in [0.1, 0.15) is 241 Å². The zero-order valence-corrected chi connectivity index (χ0v) is 61.9. The van der Waals surface area contributed by atoms with Gasteiger partial charge in [-0.1, -0.05) is 38.5 Å². The molecule has 0 bridgehead atoms. The molecule has 20 nitrogen and oxygen atoms in total. The maximum atomic E-state index is 5.10. The highest BCUT2D eigenvalue weighted by molar-refractivity contribution is 7.09. The molecule has 0 amide bonds. The summed E-state index contributed by atoms with van der Waals surface area (Å²) in [5.41, 5.74) is 9.14. The second-order valence-corrected chi connectivity index (χ2v) is 25.6. The van der Waals surface area contributed by atoms with Crippen molar-refractivity contribution >= 4 is 22.7 Å². The quantitative estimate of drug-likeness (QED) is 0.159. The van der Waals surface area contributed by atoms with Crippen molar-refractivity contribution in [2.75, 3.05) is 0 Å². The summed E-state index contributed by atoms with van der Waals surface area (Å²) in [5.74, 6) is 12.0. The van der Waals surface area contributed by atoms with Gasteiger partial charge in [0, 0.05) is 93.1 Å². The Labute approximate surface area is 561 Å². The highest BCUT2D eigenvalue weighted by Gasteiger charge is 2.23. The fourth-order valence-electron chi connectivity index (χ4n) is 9.73. The number of oxazole rings is 7. The molecule has 11 heterocycles. The van der Waals surface area contributed by atoms with E-state index in [1.807, 2.05) is 116 Å². The monoisotopic (exact) mass is 1320 g/mol. The number of imidazole rings is 2. The molecule has 0 radical (unpaired) electrons. The second-order valence-electron chi connectivity index (χ2n) is 23.4. The zero-order chi connectivity index (χ0) is 69.2. The van der Waals surface area contributed by atoms with Crippen LogP contribution < -0.4 is 0 Å². The van der Waals surface area contributed by atoms with Gasteiger partial charge in [0.1, 0.15) is 53.0 Å². The average Bonchev–Trinajstić information content (AvgIpc) is 1.72. The molecule has 11 aromatic rings. The average molecular weight is 1320 g/mol. The van der Waals surface area contributed by atoms with Gasteiger partial charge < -0.3 is 40.1 Å². The van der Waals surface area contributed by atoms with Gasteiger partial charge in [-0.2, -0.15) is 0 Å². The molecule has 0 atom stereocenters. The summed E-state index contributed by atoms with van der Waals surface area (Å²) in [6.07, 6.45) is 28.9. The number of rotatable bonds is 4. The fraction of sp³-hybridized carbons (Fsp3) is 0.535. The molecule has 510 valence electrons. The van der Waals surface area contributed by atoms with Crippen LogP contribution in [-0.4, -0.2) is 64.0 Å². The minimum atomic E-state index is 0.532. The van der Waals surface area contributed by atoms with Crippen LogP contribution in [0, 0.1) is 138 Å². The van der Waals surface area contributed by atoms with Crippen LogP contribution in [0.2, 0.25) is 0 Å². The van der Waals surface area contributed by atoms with Crippen LogP contribution in [0.3, 0.4) is 0 Å². The maximum absolute atomic E-state index is 5.10. The van der Waals surface area contributed by atoms with Gasteiger partial charge in [0.25, 0.3) is 0 Å². The Morgan fingerprint density at radius 1 is 0.452 bits per heavy atom. The van der Waals surface area contributed by atoms with Crippen molar-refractivity contribution in [1.29, 1.82) is 0 Å². The number of thiazole rings is 2. The van der Waals surface area contributed by atoms with Crippen LogP contribution in [-0.2, 0) is 0 Å². The normalized spacial score (nSPS) is 12.4. The van der Waals surface area contributed by atoms with Crippen molar-refractivity contribution in [3.8, 4) is 0 Å². The van der Waals surface area contributed by atoms with E-state index in [-0.39, 0.29) is 0 Å². The molecule has 11 aromatic heterocycles. The topological polar surface area (TPSA) is 244 Å². The molecule has 93 heavy (non-hydrogen) atoms. The van der Waals surface area contributed by atoms with Crippen LogP contribution in [0.5, 0.6) is 0 Å². The van der Waals surface area contributed by atoms with Crippen molar-refractivity contribution in [3.63, 3.8) is 0 Å². The Balaban J connectivity index is 0.000000272. The molecule has 22 heteroatoms. The van der Waals surface area contributed by atoms with Crippen LogP contribution >= 0.6 is 22.7 Å². The smallest absolute Gasteiger partial charge is 0.191 e. The van der Waals surface area contributed by atoms with Crippen molar-refractivity contribution < 1.29 is 30.9 Å². The number of aromatic nitrogens is 13. The maximum Gasteiger partial charge on any atom is 0.191 e. The predicted octanol–water partition coefficient (Wildman–Crippen LogP) is 20.2. The molecule has 13 rings (SSSR count). The third-order valence-corrected chi connectivity index (χ3v) is 16.1. The van der Waals surface area contributed by atoms with Gasteiger partial charge >= 0.3 is 0 Å². The lowest BCUT2D eigenvalue weighted by molar-refractivity contribution is 0.435. The molecular formula is C71H107N13O7S2. The van der Waals surface area contributed by atoms with Gasteiger partial charge in [-0.25, -0.2) is 49.8 Å². The Bertz CT molecular complexity index is 3340. The molecule has 0 unspecified atom stereocenters. The molecule has 0 spiro atoms. The number of aryl methyl sites for hydroxylation is 19. The minimum absolute atomic E-state index is 0.532. The lowest BCUT2D eigenvalue weighted by Gasteiger charge is -2.21. The molecule has 2 saturated carbocycles. The minimum Gasteiger partial charge on any atom is -0.449 e. The summed E-state index contributed by atoms with van der Waals surface area (Å²) >= 11 is 3.36. The summed E-state index contributed by atoms with van der Waals surface area (Å²) < 4.78 is 39.0. The molecule has 0 aromatic carbocycles. The summed E-state index contributed by atoms with van der Waals surface area (Å²) in [6.45, 7) is 47.7. The number of nitrogens with zero attached hydrogens (tertiary/aromatic N) is 13. The molecule has 2 fully saturated rings. The Hall–Kier alpha value is -7.85. The predicted molar refractivity (Wildman–Crippen MR) is 371 cm³/mol. The van der Waals surface area contributed by atoms with Crippen LogP contribution in [0.15, 0.2) is 98.0 Å². The van der Waals surface area contributed by atoms with E-state index in [0.717, 1.165) is 109 Å². The summed E-state index contributed by atoms with van der Waals surface area (Å²) in [6, 6.07) is 1.07. The Morgan fingerprint density at radius 2 is 1.06 bits per heavy atom. The summed E-state index contributed by atoms with van der Waals surface area (Å²) in [5, 5.41) is 6.30. The number of hydrogen-bond acceptors (Lipinski definition) is 20. The second kappa shape index (κ2) is 42.4. The van der Waals surface area contributed by atoms with Gasteiger partial charge in [-0.15, -0.1) is 22.7 Å². The van der Waals surface area contributed by atoms with Gasteiger partial charge in [0.2, 0.25) is 0 Å². The van der Waals surface area contributed by atoms with E-state index < -0.39 is 0 Å². The lowest BCUT2D eigenvalue weighted by atomic mass is 9.86. The van der Waals surface area contributed by atoms with E-state index >= 15 is 0 Å². The highest BCUT2D eigenvalue weighted by atomic mass is 32.1. The van der Waals surface area contributed by atoms with Crippen LogP contribution in [0.25, 0.3) is 0 Å². The van der Waals surface area contributed by atoms with E-state index in [1.165, 1.54) is 106 Å². The molecular weight excluding hydrogens is 1210 g/mol. The first kappa shape index (κ1) is 79.4. The van der Waals surface area contributed by atoms with E-state index in [1.54, 1.807) is 66.9 Å². The van der Waals surface area contributed by atoms with Gasteiger partial charge in [-0.05, 0) is 157 Å². The summed E-state index contributed by atoms with van der Waals surface area (Å²) in [7, 11) is 0. The van der Waals surface area contributed by atoms with Gasteiger partial charge in [0.05, 0.1) is 62.8 Å². The lowest BCUT2D eigenvalue weighted by Crippen LogP contribution is -2.08. The van der Waals surface area contributed by atoms with Gasteiger partial charge in [-0.3, -0.25) is 4.98 Å². The number of hydrogen-bond donors (Lipinski definition) is 0. The zero-order valence-electron chi connectivity index (χ0n) is 60.2. The Kier molecular flexibility index (Phi) is 36.2.